The lowest BCUT2D eigenvalue weighted by Gasteiger charge is -2.14. The van der Waals surface area contributed by atoms with Gasteiger partial charge < -0.3 is 9.84 Å². The molecular weight excluding hydrogens is 314 g/mol. The fraction of sp³-hybridized carbons (Fsp3) is 0.462. The molecule has 0 unspecified atom stereocenters. The van der Waals surface area contributed by atoms with Crippen LogP contribution in [-0.4, -0.2) is 44.2 Å². The van der Waals surface area contributed by atoms with Crippen LogP contribution in [0.1, 0.15) is 12.0 Å². The molecule has 0 radical (unpaired) electrons. The second-order valence-corrected chi connectivity index (χ2v) is 7.36. The first kappa shape index (κ1) is 16.1. The predicted octanol–water partition coefficient (Wildman–Crippen LogP) is 1.11. The molecule has 1 atom stereocenters. The van der Waals surface area contributed by atoms with Gasteiger partial charge in [-0.3, -0.25) is 4.79 Å². The molecule has 8 heteroatoms. The van der Waals surface area contributed by atoms with Crippen molar-refractivity contribution in [2.75, 3.05) is 18.6 Å². The largest absolute Gasteiger partial charge is 0.493 e. The molecule has 6 nitrogen and oxygen atoms in total. The summed E-state index contributed by atoms with van der Waals surface area (Å²) in [5.41, 5.74) is 0.828. The molecule has 1 aliphatic heterocycles. The van der Waals surface area contributed by atoms with Crippen molar-refractivity contribution in [2.45, 2.75) is 23.8 Å². The average molecular weight is 331 g/mol. The van der Waals surface area contributed by atoms with Crippen LogP contribution in [0.5, 0.6) is 5.75 Å². The zero-order valence-electron chi connectivity index (χ0n) is 11.5. The van der Waals surface area contributed by atoms with Gasteiger partial charge in [0.1, 0.15) is 11.8 Å². The van der Waals surface area contributed by atoms with E-state index in [1.165, 1.54) is 23.9 Å². The quantitative estimate of drug-likeness (QED) is 0.777. The second kappa shape index (κ2) is 6.67. The van der Waals surface area contributed by atoms with Gasteiger partial charge in [0.05, 0.1) is 11.5 Å². The molecule has 1 aromatic rings. The number of thioether (sulfide) groups is 1. The van der Waals surface area contributed by atoms with Crippen molar-refractivity contribution in [3.63, 3.8) is 0 Å². The van der Waals surface area contributed by atoms with E-state index in [2.05, 4.69) is 4.72 Å². The number of nitrogens with one attached hydrogen (secondary N) is 1. The Kier molecular flexibility index (Phi) is 5.13. The first-order valence-corrected chi connectivity index (χ1v) is 9.31. The first-order valence-electron chi connectivity index (χ1n) is 6.44. The SMILES string of the molecule is CSCC[C@H](NS(=O)(=O)c1ccc2c(c1)CCO2)C(=O)O. The van der Waals surface area contributed by atoms with Crippen LogP contribution >= 0.6 is 11.8 Å². The van der Waals surface area contributed by atoms with Gasteiger partial charge in [-0.25, -0.2) is 8.42 Å². The summed E-state index contributed by atoms with van der Waals surface area (Å²) in [5, 5.41) is 9.11. The smallest absolute Gasteiger partial charge is 0.321 e. The zero-order valence-corrected chi connectivity index (χ0v) is 13.2. The highest BCUT2D eigenvalue weighted by molar-refractivity contribution is 7.98. The van der Waals surface area contributed by atoms with Crippen LogP contribution in [0.25, 0.3) is 0 Å². The summed E-state index contributed by atoms with van der Waals surface area (Å²) in [6.07, 6.45) is 2.74. The summed E-state index contributed by atoms with van der Waals surface area (Å²) < 4.78 is 32.2. The fourth-order valence-corrected chi connectivity index (χ4v) is 3.80. The van der Waals surface area contributed by atoms with Crippen LogP contribution in [0.3, 0.4) is 0 Å². The number of hydrogen-bond acceptors (Lipinski definition) is 5. The first-order chi connectivity index (χ1) is 9.94. The van der Waals surface area contributed by atoms with E-state index in [0.29, 0.717) is 24.5 Å². The molecule has 21 heavy (non-hydrogen) atoms. The number of aliphatic carboxylic acids is 1. The van der Waals surface area contributed by atoms with E-state index in [1.54, 1.807) is 6.07 Å². The number of fused-ring (bicyclic) bond motifs is 1. The summed E-state index contributed by atoms with van der Waals surface area (Å²) in [7, 11) is -3.85. The maximum absolute atomic E-state index is 12.3. The van der Waals surface area contributed by atoms with Gasteiger partial charge in [0, 0.05) is 6.42 Å². The molecule has 2 N–H and O–H groups in total. The van der Waals surface area contributed by atoms with Gasteiger partial charge in [-0.05, 0) is 42.2 Å². The van der Waals surface area contributed by atoms with E-state index in [9.17, 15) is 13.2 Å². The monoisotopic (exact) mass is 331 g/mol. The Labute approximate surface area is 127 Å². The minimum atomic E-state index is -3.85. The Hall–Kier alpha value is -1.25. The van der Waals surface area contributed by atoms with Crippen LogP contribution in [-0.2, 0) is 21.2 Å². The van der Waals surface area contributed by atoms with Crippen LogP contribution < -0.4 is 9.46 Å². The van der Waals surface area contributed by atoms with E-state index < -0.39 is 22.0 Å². The van der Waals surface area contributed by atoms with E-state index in [0.717, 1.165) is 5.56 Å². The summed E-state index contributed by atoms with van der Waals surface area (Å²) in [6.45, 7) is 0.539. The van der Waals surface area contributed by atoms with E-state index in [4.69, 9.17) is 9.84 Å². The predicted molar refractivity (Wildman–Crippen MR) is 80.4 cm³/mol. The number of carboxylic acid groups (broad SMARTS) is 1. The Balaban J connectivity index is 2.18. The van der Waals surface area contributed by atoms with Crippen molar-refractivity contribution in [1.82, 2.24) is 4.72 Å². The van der Waals surface area contributed by atoms with E-state index in [-0.39, 0.29) is 11.3 Å². The molecule has 116 valence electrons. The molecule has 1 aliphatic rings. The summed E-state index contributed by atoms with van der Waals surface area (Å²) in [6, 6.07) is 3.46. The molecule has 0 fully saturated rings. The van der Waals surface area contributed by atoms with Crippen molar-refractivity contribution in [3.8, 4) is 5.75 Å². The maximum atomic E-state index is 12.3. The highest BCUT2D eigenvalue weighted by Crippen LogP contribution is 2.27. The number of carboxylic acids is 1. The minimum Gasteiger partial charge on any atom is -0.493 e. The summed E-state index contributed by atoms with van der Waals surface area (Å²) in [4.78, 5) is 11.2. The normalized spacial score (nSPS) is 15.3. The van der Waals surface area contributed by atoms with Crippen molar-refractivity contribution in [1.29, 1.82) is 0 Å². The van der Waals surface area contributed by atoms with E-state index in [1.807, 2.05) is 6.26 Å². The third-order valence-electron chi connectivity index (χ3n) is 3.18. The van der Waals surface area contributed by atoms with Gasteiger partial charge in [0.15, 0.2) is 0 Å². The van der Waals surface area contributed by atoms with Gasteiger partial charge in [-0.2, -0.15) is 16.5 Å². The second-order valence-electron chi connectivity index (χ2n) is 4.66. The van der Waals surface area contributed by atoms with Gasteiger partial charge in [-0.1, -0.05) is 0 Å². The Morgan fingerprint density at radius 1 is 1.52 bits per heavy atom. The van der Waals surface area contributed by atoms with Gasteiger partial charge >= 0.3 is 5.97 Å². The van der Waals surface area contributed by atoms with Crippen LogP contribution in [0, 0.1) is 0 Å². The highest BCUT2D eigenvalue weighted by Gasteiger charge is 2.26. The highest BCUT2D eigenvalue weighted by atomic mass is 32.2. The molecule has 1 heterocycles. The maximum Gasteiger partial charge on any atom is 0.321 e. The fourth-order valence-electron chi connectivity index (χ4n) is 2.05. The molecule has 0 aliphatic carbocycles. The van der Waals surface area contributed by atoms with Gasteiger partial charge in [-0.15, -0.1) is 0 Å². The van der Waals surface area contributed by atoms with Crippen molar-refractivity contribution in [2.24, 2.45) is 0 Å². The summed E-state index contributed by atoms with van der Waals surface area (Å²) >= 11 is 1.47. The Morgan fingerprint density at radius 2 is 2.29 bits per heavy atom. The molecule has 0 spiro atoms. The van der Waals surface area contributed by atoms with E-state index >= 15 is 0 Å². The molecular formula is C13H17NO5S2. The van der Waals surface area contributed by atoms with Gasteiger partial charge in [0.25, 0.3) is 0 Å². The van der Waals surface area contributed by atoms with Crippen molar-refractivity contribution in [3.05, 3.63) is 23.8 Å². The third-order valence-corrected chi connectivity index (χ3v) is 5.29. The number of benzene rings is 1. The molecule has 2 rings (SSSR count). The Morgan fingerprint density at radius 3 is 2.95 bits per heavy atom. The number of rotatable bonds is 7. The molecule has 0 aromatic heterocycles. The third kappa shape index (κ3) is 3.90. The molecule has 1 aromatic carbocycles. The topological polar surface area (TPSA) is 92.7 Å². The lowest BCUT2D eigenvalue weighted by atomic mass is 10.2. The summed E-state index contributed by atoms with van der Waals surface area (Å²) in [5.74, 6) is 0.0839. The standard InChI is InChI=1S/C13H17NO5S2/c1-20-7-5-11(13(15)16)14-21(17,18)10-2-3-12-9(8-10)4-6-19-12/h2-3,8,11,14H,4-7H2,1H3,(H,15,16)/t11-/m0/s1. The molecule has 0 bridgehead atoms. The molecule has 0 amide bonds. The van der Waals surface area contributed by atoms with Crippen LogP contribution in [0.4, 0.5) is 0 Å². The van der Waals surface area contributed by atoms with Crippen molar-refractivity contribution >= 4 is 27.8 Å². The van der Waals surface area contributed by atoms with Crippen LogP contribution in [0.2, 0.25) is 0 Å². The Bertz CT molecular complexity index is 629. The number of sulfonamides is 1. The lowest BCUT2D eigenvalue weighted by molar-refractivity contribution is -0.139. The van der Waals surface area contributed by atoms with Gasteiger partial charge in [0.2, 0.25) is 10.0 Å². The number of carbonyl (C=O) groups is 1. The zero-order chi connectivity index (χ0) is 15.5. The van der Waals surface area contributed by atoms with Crippen LogP contribution in [0.15, 0.2) is 23.1 Å². The number of hydrogen-bond donors (Lipinski definition) is 2. The minimum absolute atomic E-state index is 0.0714. The number of ether oxygens (including phenoxy) is 1. The lowest BCUT2D eigenvalue weighted by Crippen LogP contribution is -2.41. The van der Waals surface area contributed by atoms with Crippen molar-refractivity contribution < 1.29 is 23.1 Å². The molecule has 0 saturated carbocycles. The molecule has 0 saturated heterocycles. The average Bonchev–Trinajstić information content (AvgIpc) is 2.90.